The van der Waals surface area contributed by atoms with Gasteiger partial charge in [0.05, 0.1) is 13.2 Å². The molecule has 0 saturated heterocycles. The van der Waals surface area contributed by atoms with Gasteiger partial charge in [-0.05, 0) is 5.92 Å². The molecule has 0 spiro atoms. The van der Waals surface area contributed by atoms with Crippen LogP contribution in [0, 0.1) is 5.92 Å². The lowest BCUT2D eigenvalue weighted by atomic mass is 10.1. The van der Waals surface area contributed by atoms with Crippen LogP contribution in [-0.2, 0) is 13.6 Å². The van der Waals surface area contributed by atoms with Crippen molar-refractivity contribution >= 4 is 0 Å². The molecule has 0 bridgehead atoms. The number of nitrogens with one attached hydrogen (secondary N) is 1. The van der Waals surface area contributed by atoms with Crippen LogP contribution in [0.25, 0.3) is 0 Å². The second kappa shape index (κ2) is 5.07. The van der Waals surface area contributed by atoms with Crippen LogP contribution >= 0.6 is 0 Å². The van der Waals surface area contributed by atoms with Crippen molar-refractivity contribution < 1.29 is 5.11 Å². The topological polar surface area (TPSA) is 63.0 Å². The molecule has 0 radical (unpaired) electrons. The predicted molar refractivity (Wildman–Crippen MR) is 53.6 cm³/mol. The minimum atomic E-state index is 0.117. The molecule has 5 heteroatoms. The zero-order valence-corrected chi connectivity index (χ0v) is 8.94. The average Bonchev–Trinajstić information content (AvgIpc) is 2.52. The van der Waals surface area contributed by atoms with Crippen LogP contribution in [-0.4, -0.2) is 32.5 Å². The molecule has 0 aliphatic carbocycles. The molecule has 0 saturated carbocycles. The van der Waals surface area contributed by atoms with Gasteiger partial charge in [0.1, 0.15) is 12.2 Å². The Morgan fingerprint density at radius 3 is 2.71 bits per heavy atom. The molecular formula is C9H18N4O. The van der Waals surface area contributed by atoms with E-state index in [9.17, 15) is 0 Å². The molecule has 14 heavy (non-hydrogen) atoms. The van der Waals surface area contributed by atoms with E-state index in [1.165, 1.54) is 6.33 Å². The highest BCUT2D eigenvalue weighted by Gasteiger charge is 2.12. The number of hydrogen-bond donors (Lipinski definition) is 2. The van der Waals surface area contributed by atoms with Gasteiger partial charge in [-0.25, -0.2) is 4.98 Å². The van der Waals surface area contributed by atoms with Crippen LogP contribution in [0.5, 0.6) is 0 Å². The Morgan fingerprint density at radius 2 is 2.29 bits per heavy atom. The Morgan fingerprint density at radius 1 is 1.57 bits per heavy atom. The van der Waals surface area contributed by atoms with Gasteiger partial charge in [0.25, 0.3) is 0 Å². The van der Waals surface area contributed by atoms with E-state index in [-0.39, 0.29) is 12.6 Å². The fourth-order valence-corrected chi connectivity index (χ4v) is 1.21. The number of aryl methyl sites for hydroxylation is 1. The molecule has 0 amide bonds. The maximum atomic E-state index is 9.09. The molecule has 2 N–H and O–H groups in total. The molecular weight excluding hydrogens is 180 g/mol. The van der Waals surface area contributed by atoms with Crippen molar-refractivity contribution in [3.05, 3.63) is 12.2 Å². The van der Waals surface area contributed by atoms with Crippen molar-refractivity contribution in [3.8, 4) is 0 Å². The smallest absolute Gasteiger partial charge is 0.140 e. The predicted octanol–water partition coefficient (Wildman–Crippen LogP) is -0.0784. The van der Waals surface area contributed by atoms with Gasteiger partial charge >= 0.3 is 0 Å². The van der Waals surface area contributed by atoms with E-state index in [1.54, 1.807) is 4.68 Å². The lowest BCUT2D eigenvalue weighted by Crippen LogP contribution is -2.37. The standard InChI is InChI=1S/C9H18N4O/c1-7(2)8(5-14)10-4-9-11-6-12-13(9)3/h6-8,10,14H,4-5H2,1-3H3. The summed E-state index contributed by atoms with van der Waals surface area (Å²) in [5, 5.41) is 16.3. The third kappa shape index (κ3) is 2.78. The number of hydrogen-bond acceptors (Lipinski definition) is 4. The van der Waals surface area contributed by atoms with E-state index in [0.717, 1.165) is 5.82 Å². The van der Waals surface area contributed by atoms with Gasteiger partial charge in [0.15, 0.2) is 0 Å². The molecule has 0 fully saturated rings. The van der Waals surface area contributed by atoms with Crippen LogP contribution < -0.4 is 5.32 Å². The summed E-state index contributed by atoms with van der Waals surface area (Å²) in [7, 11) is 1.85. The molecule has 1 aromatic rings. The quantitative estimate of drug-likeness (QED) is 0.694. The molecule has 80 valence electrons. The zero-order chi connectivity index (χ0) is 10.6. The monoisotopic (exact) mass is 198 g/mol. The van der Waals surface area contributed by atoms with E-state index in [0.29, 0.717) is 12.5 Å². The van der Waals surface area contributed by atoms with E-state index >= 15 is 0 Å². The maximum absolute atomic E-state index is 9.09. The zero-order valence-electron chi connectivity index (χ0n) is 8.94. The summed E-state index contributed by atoms with van der Waals surface area (Å²) in [5.74, 6) is 1.29. The van der Waals surface area contributed by atoms with Crippen molar-refractivity contribution in [1.82, 2.24) is 20.1 Å². The summed E-state index contributed by atoms with van der Waals surface area (Å²) in [6, 6.07) is 0.117. The second-order valence-corrected chi connectivity index (χ2v) is 3.71. The van der Waals surface area contributed by atoms with Crippen LogP contribution in [0.4, 0.5) is 0 Å². The molecule has 1 unspecified atom stereocenters. The lowest BCUT2D eigenvalue weighted by molar-refractivity contribution is 0.209. The summed E-state index contributed by atoms with van der Waals surface area (Å²) < 4.78 is 1.72. The second-order valence-electron chi connectivity index (χ2n) is 3.71. The Balaban J connectivity index is 2.43. The third-order valence-electron chi connectivity index (χ3n) is 2.33. The van der Waals surface area contributed by atoms with E-state index in [2.05, 4.69) is 29.2 Å². The average molecular weight is 198 g/mol. The van der Waals surface area contributed by atoms with Crippen molar-refractivity contribution in [2.75, 3.05) is 6.61 Å². The van der Waals surface area contributed by atoms with Crippen molar-refractivity contribution in [3.63, 3.8) is 0 Å². The first kappa shape index (κ1) is 11.1. The van der Waals surface area contributed by atoms with Crippen LogP contribution in [0.3, 0.4) is 0 Å². The lowest BCUT2D eigenvalue weighted by Gasteiger charge is -2.19. The van der Waals surface area contributed by atoms with Gasteiger partial charge in [0.2, 0.25) is 0 Å². The molecule has 1 rings (SSSR count). The molecule has 1 atom stereocenters. The first-order valence-corrected chi connectivity index (χ1v) is 4.82. The SMILES string of the molecule is CC(C)C(CO)NCc1ncnn1C. The van der Waals surface area contributed by atoms with Gasteiger partial charge in [-0.3, -0.25) is 4.68 Å². The first-order chi connectivity index (χ1) is 6.65. The van der Waals surface area contributed by atoms with Crippen molar-refractivity contribution in [2.24, 2.45) is 13.0 Å². The maximum Gasteiger partial charge on any atom is 0.140 e. The Labute approximate surface area is 84.2 Å². The minimum absolute atomic E-state index is 0.117. The highest BCUT2D eigenvalue weighted by molar-refractivity contribution is 4.84. The van der Waals surface area contributed by atoms with Crippen molar-refractivity contribution in [2.45, 2.75) is 26.4 Å². The van der Waals surface area contributed by atoms with Gasteiger partial charge < -0.3 is 10.4 Å². The summed E-state index contributed by atoms with van der Waals surface area (Å²) in [5.41, 5.74) is 0. The molecule has 0 aliphatic heterocycles. The number of aliphatic hydroxyl groups excluding tert-OH is 1. The number of aliphatic hydroxyl groups is 1. The highest BCUT2D eigenvalue weighted by atomic mass is 16.3. The molecule has 0 aliphatic rings. The largest absolute Gasteiger partial charge is 0.395 e. The minimum Gasteiger partial charge on any atom is -0.395 e. The van der Waals surface area contributed by atoms with Crippen LogP contribution in [0.1, 0.15) is 19.7 Å². The van der Waals surface area contributed by atoms with E-state index in [4.69, 9.17) is 5.11 Å². The Bertz CT molecular complexity index is 272. The fraction of sp³-hybridized carbons (Fsp3) is 0.778. The van der Waals surface area contributed by atoms with Crippen molar-refractivity contribution in [1.29, 1.82) is 0 Å². The third-order valence-corrected chi connectivity index (χ3v) is 2.33. The van der Waals surface area contributed by atoms with Gasteiger partial charge in [-0.2, -0.15) is 5.10 Å². The fourth-order valence-electron chi connectivity index (χ4n) is 1.21. The van der Waals surface area contributed by atoms with Gasteiger partial charge in [0, 0.05) is 13.1 Å². The summed E-state index contributed by atoms with van der Waals surface area (Å²) >= 11 is 0. The number of aromatic nitrogens is 3. The summed E-state index contributed by atoms with van der Waals surface area (Å²) in [6.07, 6.45) is 1.53. The molecule has 1 heterocycles. The van der Waals surface area contributed by atoms with Crippen LogP contribution in [0.2, 0.25) is 0 Å². The van der Waals surface area contributed by atoms with Gasteiger partial charge in [-0.15, -0.1) is 0 Å². The summed E-state index contributed by atoms with van der Waals surface area (Å²) in [6.45, 7) is 4.94. The Kier molecular flexibility index (Phi) is 4.03. The molecule has 0 aromatic carbocycles. The number of nitrogens with zero attached hydrogens (tertiary/aromatic N) is 3. The van der Waals surface area contributed by atoms with Crippen LogP contribution in [0.15, 0.2) is 6.33 Å². The first-order valence-electron chi connectivity index (χ1n) is 4.82. The summed E-state index contributed by atoms with van der Waals surface area (Å²) in [4.78, 5) is 4.09. The Hall–Kier alpha value is -0.940. The normalized spacial score (nSPS) is 13.5. The molecule has 1 aromatic heterocycles. The van der Waals surface area contributed by atoms with E-state index < -0.39 is 0 Å². The van der Waals surface area contributed by atoms with E-state index in [1.807, 2.05) is 7.05 Å². The molecule has 5 nitrogen and oxygen atoms in total. The van der Waals surface area contributed by atoms with Gasteiger partial charge in [-0.1, -0.05) is 13.8 Å². The number of rotatable bonds is 5. The highest BCUT2D eigenvalue weighted by Crippen LogP contribution is 2.01.